The number of carbonyl (C=O) groups is 3. The molecule has 2 aliphatic carbocycles. The van der Waals surface area contributed by atoms with Crippen LogP contribution in [0, 0.1) is 23.7 Å². The number of nitrogens with one attached hydrogen (secondary N) is 1. The molecule has 1 heterocycles. The van der Waals surface area contributed by atoms with E-state index >= 15 is 0 Å². The average molecular weight is 350 g/mol. The van der Waals surface area contributed by atoms with Crippen molar-refractivity contribution in [3.05, 3.63) is 29.3 Å². The predicted octanol–water partition coefficient (Wildman–Crippen LogP) is 2.02. The number of carbonyl (C=O) groups excluding carboxylic acids is 3. The van der Waals surface area contributed by atoms with E-state index in [0.29, 0.717) is 10.7 Å². The summed E-state index contributed by atoms with van der Waals surface area (Å²) in [6.07, 6.45) is 1.53. The van der Waals surface area contributed by atoms with Crippen molar-refractivity contribution in [3.8, 4) is 0 Å². The Morgan fingerprint density at radius 3 is 2.75 bits per heavy atom. The molecule has 3 fully saturated rings. The van der Waals surface area contributed by atoms with E-state index < -0.39 is 17.8 Å². The van der Waals surface area contributed by atoms with Crippen LogP contribution >= 0.6 is 11.6 Å². The molecule has 0 radical (unpaired) electrons. The minimum absolute atomic E-state index is 0.0234. The summed E-state index contributed by atoms with van der Waals surface area (Å²) in [5.74, 6) is -1.79. The van der Waals surface area contributed by atoms with Crippen LogP contribution in [0.4, 0.5) is 5.69 Å². The molecule has 4 rings (SSSR count). The van der Waals surface area contributed by atoms with E-state index in [1.165, 1.54) is 0 Å². The van der Waals surface area contributed by atoms with Crippen LogP contribution in [0.15, 0.2) is 24.3 Å². The largest absolute Gasteiger partial charge is 0.462 e. The van der Waals surface area contributed by atoms with Gasteiger partial charge in [-0.1, -0.05) is 11.6 Å². The normalized spacial score (nSPS) is 32.5. The summed E-state index contributed by atoms with van der Waals surface area (Å²) in [6, 6.07) is 6.63. The van der Waals surface area contributed by atoms with E-state index in [1.54, 1.807) is 24.3 Å². The highest BCUT2D eigenvalue weighted by molar-refractivity contribution is 6.30. The molecule has 2 saturated carbocycles. The van der Waals surface area contributed by atoms with Crippen molar-refractivity contribution in [2.75, 3.05) is 11.9 Å². The topological polar surface area (TPSA) is 81.7 Å². The molecule has 1 saturated heterocycles. The molecule has 1 aliphatic heterocycles. The first-order valence-corrected chi connectivity index (χ1v) is 8.33. The molecular formula is C17H16ClNO5. The van der Waals surface area contributed by atoms with Crippen LogP contribution in [-0.2, 0) is 23.9 Å². The van der Waals surface area contributed by atoms with Crippen LogP contribution in [0.5, 0.6) is 0 Å². The Hall–Kier alpha value is -2.08. The maximum Gasteiger partial charge on any atom is 0.310 e. The molecule has 5 atom stereocenters. The molecule has 0 unspecified atom stereocenters. The average Bonchev–Trinajstić information content (AvgIpc) is 3.16. The second kappa shape index (κ2) is 5.77. The Bertz CT molecular complexity index is 701. The van der Waals surface area contributed by atoms with Crippen LogP contribution in [0.3, 0.4) is 0 Å². The number of amides is 1. The molecule has 24 heavy (non-hydrogen) atoms. The van der Waals surface area contributed by atoms with E-state index in [2.05, 4.69) is 5.32 Å². The van der Waals surface area contributed by atoms with Gasteiger partial charge in [-0.05, 0) is 43.0 Å². The maximum absolute atomic E-state index is 12.3. The summed E-state index contributed by atoms with van der Waals surface area (Å²) in [7, 11) is 0. The van der Waals surface area contributed by atoms with Crippen LogP contribution in [0.2, 0.25) is 5.02 Å². The second-order valence-electron chi connectivity index (χ2n) is 6.59. The molecule has 3 aliphatic rings. The first-order valence-electron chi connectivity index (χ1n) is 7.95. The number of ether oxygens (including phenoxy) is 2. The molecule has 7 heteroatoms. The van der Waals surface area contributed by atoms with Gasteiger partial charge in [0, 0.05) is 16.6 Å². The third kappa shape index (κ3) is 2.55. The lowest BCUT2D eigenvalue weighted by Crippen LogP contribution is -2.34. The Balaban J connectivity index is 1.33. The Morgan fingerprint density at radius 2 is 2.00 bits per heavy atom. The van der Waals surface area contributed by atoms with Gasteiger partial charge in [0.25, 0.3) is 5.91 Å². The highest BCUT2D eigenvalue weighted by Gasteiger charge is 2.64. The monoisotopic (exact) mass is 349 g/mol. The summed E-state index contributed by atoms with van der Waals surface area (Å²) in [6.45, 7) is -0.374. The van der Waals surface area contributed by atoms with Crippen molar-refractivity contribution >= 4 is 35.1 Å². The molecule has 1 N–H and O–H groups in total. The summed E-state index contributed by atoms with van der Waals surface area (Å²) in [5, 5.41) is 3.19. The minimum Gasteiger partial charge on any atom is -0.462 e. The van der Waals surface area contributed by atoms with Crippen LogP contribution in [0.25, 0.3) is 0 Å². The van der Waals surface area contributed by atoms with Crippen molar-refractivity contribution < 1.29 is 23.9 Å². The fourth-order valence-electron chi connectivity index (χ4n) is 4.29. The fraction of sp³-hybridized carbons (Fsp3) is 0.471. The molecule has 1 aromatic rings. The van der Waals surface area contributed by atoms with Crippen molar-refractivity contribution in [1.29, 1.82) is 0 Å². The van der Waals surface area contributed by atoms with Gasteiger partial charge < -0.3 is 14.8 Å². The molecule has 0 aromatic heterocycles. The number of esters is 2. The third-order valence-electron chi connectivity index (χ3n) is 5.23. The lowest BCUT2D eigenvalue weighted by atomic mass is 9.80. The number of fused-ring (bicyclic) bond motifs is 1. The number of benzene rings is 1. The van der Waals surface area contributed by atoms with Gasteiger partial charge in [0.2, 0.25) is 0 Å². The summed E-state index contributed by atoms with van der Waals surface area (Å²) in [5.41, 5.74) is 0.572. The number of hydrogen-bond acceptors (Lipinski definition) is 5. The van der Waals surface area contributed by atoms with Crippen molar-refractivity contribution in [3.63, 3.8) is 0 Å². The van der Waals surface area contributed by atoms with E-state index in [9.17, 15) is 14.4 Å². The fourth-order valence-corrected chi connectivity index (χ4v) is 4.41. The third-order valence-corrected chi connectivity index (χ3v) is 5.48. The summed E-state index contributed by atoms with van der Waals surface area (Å²) < 4.78 is 10.4. The highest BCUT2D eigenvalue weighted by atomic mass is 35.5. The molecule has 6 nitrogen and oxygen atoms in total. The maximum atomic E-state index is 12.3. The van der Waals surface area contributed by atoms with Gasteiger partial charge in [-0.3, -0.25) is 14.4 Å². The predicted molar refractivity (Wildman–Crippen MR) is 84.1 cm³/mol. The SMILES string of the molecule is O=C(COC(=O)[C@@H]1[C@H]2C[C@@H]3[C@@H]1C(=O)O[C@@H]3C2)Nc1ccc(Cl)cc1. The smallest absolute Gasteiger partial charge is 0.310 e. The van der Waals surface area contributed by atoms with Gasteiger partial charge in [0.05, 0.1) is 11.8 Å². The van der Waals surface area contributed by atoms with Gasteiger partial charge in [-0.2, -0.15) is 0 Å². The van der Waals surface area contributed by atoms with E-state index in [-0.39, 0.29) is 36.4 Å². The Morgan fingerprint density at radius 1 is 1.25 bits per heavy atom. The van der Waals surface area contributed by atoms with Crippen LogP contribution in [-0.4, -0.2) is 30.6 Å². The number of hydrogen-bond donors (Lipinski definition) is 1. The molecular weight excluding hydrogens is 334 g/mol. The van der Waals surface area contributed by atoms with E-state index in [0.717, 1.165) is 12.8 Å². The van der Waals surface area contributed by atoms with Gasteiger partial charge in [-0.15, -0.1) is 0 Å². The van der Waals surface area contributed by atoms with Crippen LogP contribution < -0.4 is 5.32 Å². The zero-order valence-electron chi connectivity index (χ0n) is 12.7. The lowest BCUT2D eigenvalue weighted by Gasteiger charge is -2.22. The Kier molecular flexibility index (Phi) is 3.72. The van der Waals surface area contributed by atoms with Crippen molar-refractivity contribution in [2.45, 2.75) is 18.9 Å². The number of rotatable bonds is 4. The van der Waals surface area contributed by atoms with Gasteiger partial charge in [0.15, 0.2) is 6.61 Å². The highest BCUT2D eigenvalue weighted by Crippen LogP contribution is 2.57. The lowest BCUT2D eigenvalue weighted by molar-refractivity contribution is -0.157. The zero-order chi connectivity index (χ0) is 16.8. The second-order valence-corrected chi connectivity index (χ2v) is 7.02. The summed E-state index contributed by atoms with van der Waals surface area (Å²) >= 11 is 5.78. The first-order chi connectivity index (χ1) is 11.5. The Labute approximate surface area is 143 Å². The molecule has 126 valence electrons. The van der Waals surface area contributed by atoms with E-state index in [1.807, 2.05) is 0 Å². The van der Waals surface area contributed by atoms with Crippen LogP contribution in [0.1, 0.15) is 12.8 Å². The molecule has 1 amide bonds. The van der Waals surface area contributed by atoms with E-state index in [4.69, 9.17) is 21.1 Å². The van der Waals surface area contributed by atoms with Gasteiger partial charge in [0.1, 0.15) is 6.10 Å². The van der Waals surface area contributed by atoms with Gasteiger partial charge in [-0.25, -0.2) is 0 Å². The van der Waals surface area contributed by atoms with Gasteiger partial charge >= 0.3 is 11.9 Å². The van der Waals surface area contributed by atoms with Crippen molar-refractivity contribution in [2.24, 2.45) is 23.7 Å². The molecule has 0 spiro atoms. The standard InChI is InChI=1S/C17H16ClNO5/c18-9-1-3-10(4-2-9)19-13(20)7-23-16(21)14-8-5-11-12(6-8)24-17(22)15(11)14/h1-4,8,11-12,14-15H,5-7H2,(H,19,20)/t8-,11-,12+,14+,15-/m0/s1. The number of halogens is 1. The summed E-state index contributed by atoms with van der Waals surface area (Å²) in [4.78, 5) is 36.1. The first kappa shape index (κ1) is 15.4. The molecule has 1 aromatic carbocycles. The zero-order valence-corrected chi connectivity index (χ0v) is 13.5. The van der Waals surface area contributed by atoms with Crippen molar-refractivity contribution in [1.82, 2.24) is 0 Å². The number of anilines is 1. The quantitative estimate of drug-likeness (QED) is 0.841. The molecule has 2 bridgehead atoms. The minimum atomic E-state index is -0.476.